The van der Waals surface area contributed by atoms with Gasteiger partial charge in [-0.1, -0.05) is 97.1 Å². The summed E-state index contributed by atoms with van der Waals surface area (Å²) in [6.07, 6.45) is 0. The van der Waals surface area contributed by atoms with Gasteiger partial charge in [0.1, 0.15) is 5.69 Å². The SMILES string of the molecule is O=C(N=Nc1c2[nH]c3ccccc3nc-2c2ccccc12)C(O)(c1ccccc1)c1ccccc1. The molecule has 6 heteroatoms. The lowest BCUT2D eigenvalue weighted by molar-refractivity contribution is -0.133. The first-order chi connectivity index (χ1) is 17.2. The highest BCUT2D eigenvalue weighted by molar-refractivity contribution is 6.11. The number of benzene rings is 4. The number of hydrogen-bond donors (Lipinski definition) is 2. The van der Waals surface area contributed by atoms with Crippen molar-refractivity contribution in [2.45, 2.75) is 5.60 Å². The molecule has 1 heterocycles. The van der Waals surface area contributed by atoms with Crippen LogP contribution in [0.4, 0.5) is 5.69 Å². The molecule has 6 nitrogen and oxygen atoms in total. The molecule has 35 heavy (non-hydrogen) atoms. The maximum Gasteiger partial charge on any atom is 0.305 e. The minimum atomic E-state index is -1.97. The number of rotatable bonds is 4. The minimum absolute atomic E-state index is 0.423. The van der Waals surface area contributed by atoms with E-state index >= 15 is 0 Å². The Morgan fingerprint density at radius 2 is 1.31 bits per heavy atom. The lowest BCUT2D eigenvalue weighted by Gasteiger charge is -2.25. The Hall–Kier alpha value is -4.68. The predicted octanol–water partition coefficient (Wildman–Crippen LogP) is 6.37. The number of nitrogens with one attached hydrogen (secondary N) is 1. The van der Waals surface area contributed by atoms with E-state index in [0.29, 0.717) is 22.5 Å². The largest absolute Gasteiger partial charge is 0.372 e. The van der Waals surface area contributed by atoms with Crippen LogP contribution in [0, 0.1) is 0 Å². The highest BCUT2D eigenvalue weighted by atomic mass is 16.3. The number of H-pyrrole nitrogens is 1. The monoisotopic (exact) mass is 456 g/mol. The van der Waals surface area contributed by atoms with Gasteiger partial charge in [0.2, 0.25) is 0 Å². The number of aromatic nitrogens is 2. The van der Waals surface area contributed by atoms with E-state index in [2.05, 4.69) is 15.2 Å². The molecule has 168 valence electrons. The average Bonchev–Trinajstić information content (AvgIpc) is 3.23. The topological polar surface area (TPSA) is 90.7 Å². The van der Waals surface area contributed by atoms with E-state index in [1.807, 2.05) is 60.7 Å². The van der Waals surface area contributed by atoms with Crippen LogP contribution in [0.1, 0.15) is 11.1 Å². The van der Waals surface area contributed by atoms with Gasteiger partial charge in [0, 0.05) is 10.8 Å². The van der Waals surface area contributed by atoms with Crippen LogP contribution in [0.3, 0.4) is 0 Å². The Labute approximate surface area is 201 Å². The van der Waals surface area contributed by atoms with Crippen LogP contribution in [0.15, 0.2) is 119 Å². The van der Waals surface area contributed by atoms with E-state index in [9.17, 15) is 9.90 Å². The van der Waals surface area contributed by atoms with Crippen molar-refractivity contribution in [1.82, 2.24) is 9.97 Å². The van der Waals surface area contributed by atoms with E-state index in [1.54, 1.807) is 48.5 Å². The summed E-state index contributed by atoms with van der Waals surface area (Å²) in [7, 11) is 0. The molecule has 2 N–H and O–H groups in total. The molecule has 0 saturated heterocycles. The Bertz CT molecular complexity index is 1630. The molecule has 6 rings (SSSR count). The molecule has 4 aromatic carbocycles. The molecular weight excluding hydrogens is 436 g/mol. The fourth-order valence-corrected chi connectivity index (χ4v) is 4.49. The van der Waals surface area contributed by atoms with Gasteiger partial charge in [-0.05, 0) is 23.3 Å². The van der Waals surface area contributed by atoms with Gasteiger partial charge < -0.3 is 10.1 Å². The second-order valence-electron chi connectivity index (χ2n) is 8.32. The molecule has 0 atom stereocenters. The molecule has 0 unspecified atom stereocenters. The fourth-order valence-electron chi connectivity index (χ4n) is 4.49. The second kappa shape index (κ2) is 8.27. The van der Waals surface area contributed by atoms with Gasteiger partial charge in [0.15, 0.2) is 5.60 Å². The summed E-state index contributed by atoms with van der Waals surface area (Å²) in [5, 5.41) is 21.9. The van der Waals surface area contributed by atoms with Crippen LogP contribution in [-0.2, 0) is 10.4 Å². The number of hydrogen-bond acceptors (Lipinski definition) is 4. The van der Waals surface area contributed by atoms with Gasteiger partial charge in [0.25, 0.3) is 0 Å². The summed E-state index contributed by atoms with van der Waals surface area (Å²) in [6, 6.07) is 33.1. The van der Waals surface area contributed by atoms with Crippen molar-refractivity contribution < 1.29 is 9.90 Å². The van der Waals surface area contributed by atoms with Gasteiger partial charge in [-0.15, -0.1) is 10.2 Å². The first-order valence-electron chi connectivity index (χ1n) is 11.2. The van der Waals surface area contributed by atoms with Crippen molar-refractivity contribution in [1.29, 1.82) is 0 Å². The van der Waals surface area contributed by atoms with Gasteiger partial charge in [0.05, 0.1) is 22.4 Å². The second-order valence-corrected chi connectivity index (χ2v) is 8.32. The molecular formula is C29H20N4O2. The number of fused-ring (bicyclic) bond motifs is 4. The van der Waals surface area contributed by atoms with Crippen LogP contribution in [0.2, 0.25) is 0 Å². The van der Waals surface area contributed by atoms with Gasteiger partial charge in [-0.3, -0.25) is 4.79 Å². The number of carbonyl (C=O) groups excluding carboxylic acids is 1. The van der Waals surface area contributed by atoms with Gasteiger partial charge in [-0.25, -0.2) is 4.98 Å². The molecule has 2 aliphatic rings. The first-order valence-corrected chi connectivity index (χ1v) is 11.2. The summed E-state index contributed by atoms with van der Waals surface area (Å²) < 4.78 is 0. The molecule has 1 aliphatic carbocycles. The average molecular weight is 457 g/mol. The molecule has 0 radical (unpaired) electrons. The van der Waals surface area contributed by atoms with E-state index in [0.717, 1.165) is 27.5 Å². The predicted molar refractivity (Wildman–Crippen MR) is 136 cm³/mol. The normalized spacial score (nSPS) is 12.1. The maximum absolute atomic E-state index is 13.5. The minimum Gasteiger partial charge on any atom is -0.372 e. The molecule has 0 saturated carbocycles. The van der Waals surface area contributed by atoms with Crippen molar-refractivity contribution in [2.75, 3.05) is 0 Å². The van der Waals surface area contributed by atoms with E-state index in [-0.39, 0.29) is 0 Å². The summed E-state index contributed by atoms with van der Waals surface area (Å²) in [5.41, 5.74) is 2.50. The summed E-state index contributed by atoms with van der Waals surface area (Å²) in [5.74, 6) is -0.776. The molecule has 0 fully saturated rings. The van der Waals surface area contributed by atoms with Gasteiger partial charge in [-0.2, -0.15) is 0 Å². The maximum atomic E-state index is 13.5. The Morgan fingerprint density at radius 3 is 2.00 bits per heavy atom. The zero-order chi connectivity index (χ0) is 23.8. The third kappa shape index (κ3) is 3.39. The first kappa shape index (κ1) is 20.9. The summed E-state index contributed by atoms with van der Waals surface area (Å²) in [4.78, 5) is 21.7. The lowest BCUT2D eigenvalue weighted by atomic mass is 9.86. The van der Waals surface area contributed by atoms with Gasteiger partial charge >= 0.3 is 5.91 Å². The van der Waals surface area contributed by atoms with Crippen LogP contribution >= 0.6 is 0 Å². The number of para-hydroxylation sites is 2. The Balaban J connectivity index is 1.52. The van der Waals surface area contributed by atoms with Crippen LogP contribution in [0.25, 0.3) is 33.2 Å². The fraction of sp³-hybridized carbons (Fsp3) is 0.0345. The van der Waals surface area contributed by atoms with E-state index in [1.165, 1.54) is 0 Å². The highest BCUT2D eigenvalue weighted by Gasteiger charge is 2.40. The third-order valence-electron chi connectivity index (χ3n) is 6.24. The molecule has 4 aromatic rings. The third-order valence-corrected chi connectivity index (χ3v) is 6.24. The zero-order valence-electron chi connectivity index (χ0n) is 18.6. The Morgan fingerprint density at radius 1 is 0.743 bits per heavy atom. The number of carbonyl (C=O) groups is 1. The summed E-state index contributed by atoms with van der Waals surface area (Å²) >= 11 is 0. The quantitative estimate of drug-likeness (QED) is 0.302. The highest BCUT2D eigenvalue weighted by Crippen LogP contribution is 2.43. The van der Waals surface area contributed by atoms with E-state index in [4.69, 9.17) is 4.98 Å². The number of aromatic amines is 1. The molecule has 0 bridgehead atoms. The van der Waals surface area contributed by atoms with Crippen LogP contribution in [0.5, 0.6) is 0 Å². The lowest BCUT2D eigenvalue weighted by Crippen LogP contribution is -2.35. The molecule has 0 spiro atoms. The van der Waals surface area contributed by atoms with Crippen molar-refractivity contribution >= 4 is 33.4 Å². The summed E-state index contributed by atoms with van der Waals surface area (Å²) in [6.45, 7) is 0. The molecule has 1 aliphatic heterocycles. The van der Waals surface area contributed by atoms with Crippen LogP contribution in [-0.4, -0.2) is 21.0 Å². The number of azo groups is 1. The number of aliphatic hydroxyl groups is 1. The number of nitrogens with zero attached hydrogens (tertiary/aromatic N) is 3. The van der Waals surface area contributed by atoms with Crippen molar-refractivity contribution in [2.24, 2.45) is 10.2 Å². The Kier molecular flexibility index (Phi) is 4.94. The zero-order valence-corrected chi connectivity index (χ0v) is 18.6. The van der Waals surface area contributed by atoms with E-state index < -0.39 is 11.5 Å². The van der Waals surface area contributed by atoms with Crippen molar-refractivity contribution in [3.05, 3.63) is 120 Å². The molecule has 1 amide bonds. The van der Waals surface area contributed by atoms with Crippen molar-refractivity contribution in [3.63, 3.8) is 0 Å². The smallest absolute Gasteiger partial charge is 0.305 e. The molecule has 0 aromatic heterocycles. The van der Waals surface area contributed by atoms with Crippen molar-refractivity contribution in [3.8, 4) is 11.4 Å². The number of amides is 1. The van der Waals surface area contributed by atoms with Crippen LogP contribution < -0.4 is 0 Å². The standard InChI is InChI=1S/C29H20N4O2/c34-28(29(35,19-11-3-1-4-12-19)20-13-5-2-6-14-20)33-32-26-22-16-8-7-15-21(22)25-27(26)31-24-18-10-9-17-23(24)30-25/h1-18,31,35H.